The largest absolute Gasteiger partial charge is 0.328 e. The highest BCUT2D eigenvalue weighted by Gasteiger charge is 2.09. The first kappa shape index (κ1) is 14.4. The van der Waals surface area contributed by atoms with Crippen LogP contribution in [0.5, 0.6) is 0 Å². The van der Waals surface area contributed by atoms with Crippen LogP contribution in [0, 0.1) is 0 Å². The molecule has 0 aliphatic rings. The molecule has 3 aromatic rings. The number of hydrogen-bond acceptors (Lipinski definition) is 2. The number of halogens is 2. The number of aromatic nitrogens is 2. The van der Waals surface area contributed by atoms with Crippen molar-refractivity contribution in [2.45, 2.75) is 13.1 Å². The van der Waals surface area contributed by atoms with E-state index in [0.717, 1.165) is 17.8 Å². The van der Waals surface area contributed by atoms with Gasteiger partial charge in [0.15, 0.2) is 0 Å². The first-order valence-corrected chi connectivity index (χ1v) is 7.46. The van der Waals surface area contributed by atoms with Gasteiger partial charge in [-0.25, -0.2) is 4.98 Å². The van der Waals surface area contributed by atoms with Gasteiger partial charge >= 0.3 is 0 Å². The number of fused-ring (bicyclic) bond motifs is 1. The van der Waals surface area contributed by atoms with Crippen molar-refractivity contribution in [3.63, 3.8) is 0 Å². The average molecular weight is 320 g/mol. The molecular weight excluding hydrogens is 305 g/mol. The summed E-state index contributed by atoms with van der Waals surface area (Å²) in [4.78, 5) is 4.50. The van der Waals surface area contributed by atoms with Crippen LogP contribution in [0.25, 0.3) is 11.0 Å². The van der Waals surface area contributed by atoms with Crippen LogP contribution in [0.15, 0.2) is 42.7 Å². The van der Waals surface area contributed by atoms with E-state index >= 15 is 0 Å². The maximum atomic E-state index is 6.09. The Kier molecular flexibility index (Phi) is 4.15. The van der Waals surface area contributed by atoms with Gasteiger partial charge in [-0.3, -0.25) is 0 Å². The van der Waals surface area contributed by atoms with Gasteiger partial charge in [-0.2, -0.15) is 0 Å². The van der Waals surface area contributed by atoms with E-state index in [1.807, 2.05) is 37.5 Å². The summed E-state index contributed by atoms with van der Waals surface area (Å²) in [5, 5.41) is 5.52. The molecule has 0 amide bonds. The third-order valence-corrected chi connectivity index (χ3v) is 4.16. The van der Waals surface area contributed by atoms with Crippen molar-refractivity contribution in [1.29, 1.82) is 0 Å². The topological polar surface area (TPSA) is 29.9 Å². The fourth-order valence-corrected chi connectivity index (χ4v) is 2.80. The zero-order valence-corrected chi connectivity index (χ0v) is 13.1. The molecule has 2 aromatic heterocycles. The maximum Gasteiger partial charge on any atom is 0.140 e. The Morgan fingerprint density at radius 3 is 2.81 bits per heavy atom. The van der Waals surface area contributed by atoms with Crippen molar-refractivity contribution >= 4 is 34.2 Å². The van der Waals surface area contributed by atoms with E-state index in [1.165, 1.54) is 10.9 Å². The molecule has 0 radical (unpaired) electrons. The number of pyridine rings is 1. The van der Waals surface area contributed by atoms with E-state index in [2.05, 4.69) is 27.1 Å². The van der Waals surface area contributed by atoms with E-state index in [-0.39, 0.29) is 0 Å². The third kappa shape index (κ3) is 2.91. The van der Waals surface area contributed by atoms with E-state index in [0.29, 0.717) is 16.6 Å². The van der Waals surface area contributed by atoms with Crippen molar-refractivity contribution in [3.8, 4) is 0 Å². The maximum absolute atomic E-state index is 6.09. The highest BCUT2D eigenvalue weighted by Crippen LogP contribution is 2.25. The lowest BCUT2D eigenvalue weighted by atomic mass is 10.2. The normalized spacial score (nSPS) is 11.2. The predicted octanol–water partition coefficient (Wildman–Crippen LogP) is 4.11. The van der Waals surface area contributed by atoms with Crippen LogP contribution in [-0.2, 0) is 13.1 Å². The van der Waals surface area contributed by atoms with E-state index in [9.17, 15) is 0 Å². The van der Waals surface area contributed by atoms with Crippen LogP contribution < -0.4 is 5.32 Å². The number of nitrogens with zero attached hydrogens (tertiary/aromatic N) is 2. The second-order valence-corrected chi connectivity index (χ2v) is 5.75. The molecule has 0 atom stereocenters. The quantitative estimate of drug-likeness (QED) is 0.784. The Hall–Kier alpha value is -1.55. The molecule has 3 rings (SSSR count). The van der Waals surface area contributed by atoms with Crippen LogP contribution in [-0.4, -0.2) is 16.6 Å². The van der Waals surface area contributed by atoms with E-state index < -0.39 is 0 Å². The third-order valence-electron chi connectivity index (χ3n) is 3.42. The van der Waals surface area contributed by atoms with Gasteiger partial charge < -0.3 is 9.88 Å². The second-order valence-electron chi connectivity index (χ2n) is 4.94. The molecule has 3 nitrogen and oxygen atoms in total. The lowest BCUT2D eigenvalue weighted by Crippen LogP contribution is -2.04. The second kappa shape index (κ2) is 6.06. The number of hydrogen-bond donors (Lipinski definition) is 1. The molecule has 0 aliphatic carbocycles. The Bertz CT molecular complexity index is 780. The van der Waals surface area contributed by atoms with Gasteiger partial charge in [0.05, 0.1) is 10.0 Å². The lowest BCUT2D eigenvalue weighted by molar-refractivity contribution is 0.791. The van der Waals surface area contributed by atoms with Crippen LogP contribution in [0.2, 0.25) is 10.0 Å². The summed E-state index contributed by atoms with van der Waals surface area (Å²) in [5.41, 5.74) is 3.32. The Balaban J connectivity index is 2.01. The van der Waals surface area contributed by atoms with Gasteiger partial charge in [-0.15, -0.1) is 0 Å². The number of benzene rings is 1. The number of nitrogens with one attached hydrogen (secondary N) is 1. The standard InChI is InChI=1S/C16H15Cl2N3/c1-19-8-12-10-21(16-13(12)3-2-6-20-16)9-11-4-5-14(17)15(18)7-11/h2-7,10,19H,8-9H2,1H3. The molecule has 0 fully saturated rings. The lowest BCUT2D eigenvalue weighted by Gasteiger charge is -2.06. The Morgan fingerprint density at radius 1 is 1.19 bits per heavy atom. The van der Waals surface area contributed by atoms with Crippen molar-refractivity contribution in [2.24, 2.45) is 0 Å². The Morgan fingerprint density at radius 2 is 2.05 bits per heavy atom. The zero-order valence-electron chi connectivity index (χ0n) is 11.6. The predicted molar refractivity (Wildman–Crippen MR) is 88.1 cm³/mol. The molecule has 21 heavy (non-hydrogen) atoms. The molecule has 0 bridgehead atoms. The molecule has 0 saturated heterocycles. The highest BCUT2D eigenvalue weighted by atomic mass is 35.5. The SMILES string of the molecule is CNCc1cn(Cc2ccc(Cl)c(Cl)c2)c2ncccc12. The van der Waals surface area contributed by atoms with Crippen molar-refractivity contribution in [3.05, 3.63) is 63.9 Å². The van der Waals surface area contributed by atoms with Gasteiger partial charge in [-0.05, 0) is 42.4 Å². The van der Waals surface area contributed by atoms with Crippen LogP contribution >= 0.6 is 23.2 Å². The first-order chi connectivity index (χ1) is 10.2. The molecule has 1 aromatic carbocycles. The first-order valence-electron chi connectivity index (χ1n) is 6.70. The summed E-state index contributed by atoms with van der Waals surface area (Å²) in [5.74, 6) is 0. The summed E-state index contributed by atoms with van der Waals surface area (Å²) >= 11 is 12.1. The average Bonchev–Trinajstić information content (AvgIpc) is 2.82. The summed E-state index contributed by atoms with van der Waals surface area (Å²) in [6.45, 7) is 1.53. The van der Waals surface area contributed by atoms with E-state index in [4.69, 9.17) is 23.2 Å². The summed E-state index contributed by atoms with van der Waals surface area (Å²) < 4.78 is 2.14. The molecule has 0 aliphatic heterocycles. The van der Waals surface area contributed by atoms with E-state index in [1.54, 1.807) is 0 Å². The van der Waals surface area contributed by atoms with Crippen molar-refractivity contribution < 1.29 is 0 Å². The monoisotopic (exact) mass is 319 g/mol. The smallest absolute Gasteiger partial charge is 0.140 e. The molecule has 1 N–H and O–H groups in total. The fourth-order valence-electron chi connectivity index (χ4n) is 2.48. The van der Waals surface area contributed by atoms with Gasteiger partial charge in [0, 0.05) is 30.9 Å². The van der Waals surface area contributed by atoms with Gasteiger partial charge in [0.1, 0.15) is 5.65 Å². The highest BCUT2D eigenvalue weighted by molar-refractivity contribution is 6.42. The molecule has 5 heteroatoms. The molecule has 0 spiro atoms. The molecule has 108 valence electrons. The van der Waals surface area contributed by atoms with Gasteiger partial charge in [0.2, 0.25) is 0 Å². The summed E-state index contributed by atoms with van der Waals surface area (Å²) in [6, 6.07) is 9.77. The Labute approximate surface area is 133 Å². The molecule has 0 unspecified atom stereocenters. The van der Waals surface area contributed by atoms with Crippen LogP contribution in [0.1, 0.15) is 11.1 Å². The van der Waals surface area contributed by atoms with Gasteiger partial charge in [0.25, 0.3) is 0 Å². The minimum atomic E-state index is 0.576. The minimum absolute atomic E-state index is 0.576. The van der Waals surface area contributed by atoms with Crippen molar-refractivity contribution in [1.82, 2.24) is 14.9 Å². The minimum Gasteiger partial charge on any atom is -0.328 e. The molecule has 0 saturated carbocycles. The summed E-state index contributed by atoms with van der Waals surface area (Å²) in [6.07, 6.45) is 3.95. The van der Waals surface area contributed by atoms with Gasteiger partial charge in [-0.1, -0.05) is 29.3 Å². The molecular formula is C16H15Cl2N3. The fraction of sp³-hybridized carbons (Fsp3) is 0.188. The summed E-state index contributed by atoms with van der Waals surface area (Å²) in [7, 11) is 1.94. The molecule has 2 heterocycles. The van der Waals surface area contributed by atoms with Crippen molar-refractivity contribution in [2.75, 3.05) is 7.05 Å². The van der Waals surface area contributed by atoms with Crippen LogP contribution in [0.3, 0.4) is 0 Å². The van der Waals surface area contributed by atoms with Crippen LogP contribution in [0.4, 0.5) is 0 Å². The number of rotatable bonds is 4. The zero-order chi connectivity index (χ0) is 14.8.